The Hall–Kier alpha value is -12.8. The Labute approximate surface area is 711 Å². The minimum absolute atomic E-state index is 0.688. The number of hydrogen-bond donors (Lipinski definition) is 0. The Kier molecular flexibility index (Phi) is 22.0. The number of rotatable bonds is 6. The molecule has 2 aliphatic carbocycles. The van der Waals surface area contributed by atoms with Crippen molar-refractivity contribution in [3.63, 3.8) is 0 Å². The van der Waals surface area contributed by atoms with Crippen molar-refractivity contribution >= 4 is 150 Å². The van der Waals surface area contributed by atoms with Gasteiger partial charge in [-0.3, -0.25) is 0 Å². The van der Waals surface area contributed by atoms with Crippen LogP contribution in [0.1, 0.15) is 121 Å². The van der Waals surface area contributed by atoms with Crippen molar-refractivity contribution in [2.45, 2.75) is 118 Å². The van der Waals surface area contributed by atoms with Gasteiger partial charge in [0.2, 0.25) is 0 Å². The van der Waals surface area contributed by atoms with E-state index in [1.54, 1.807) is 10.3 Å². The van der Waals surface area contributed by atoms with Crippen molar-refractivity contribution in [2.24, 2.45) is 0 Å². The maximum Gasteiger partial charge on any atom is 0.138 e. The first-order valence-electron chi connectivity index (χ1n) is 43.0. The van der Waals surface area contributed by atoms with Crippen LogP contribution in [0.4, 0.5) is 0 Å². The average Bonchev–Trinajstić information content (AvgIpc) is 1.51. The lowest BCUT2D eigenvalue weighted by atomic mass is 9.83. The van der Waals surface area contributed by atoms with Crippen LogP contribution in [-0.2, 0) is 0 Å². The van der Waals surface area contributed by atoms with Crippen molar-refractivity contribution in [2.75, 3.05) is 0 Å². The molecule has 0 saturated heterocycles. The zero-order chi connectivity index (χ0) is 81.2. The molecule has 2 saturated carbocycles. The van der Waals surface area contributed by atoms with E-state index in [4.69, 9.17) is 4.42 Å². The predicted molar refractivity (Wildman–Crippen MR) is 520 cm³/mol. The molecule has 0 aliphatic heterocycles. The minimum Gasteiger partial charge on any atom is -0.455 e. The summed E-state index contributed by atoms with van der Waals surface area (Å²) < 4.78 is 19.1. The monoisotopic (exact) mass is 1590 g/mol. The lowest BCUT2D eigenvalue weighted by Crippen LogP contribution is -2.04. The third-order valence-electron chi connectivity index (χ3n) is 25.0. The summed E-state index contributed by atoms with van der Waals surface area (Å²) in [7, 11) is 0. The minimum atomic E-state index is 0.688. The van der Waals surface area contributed by atoms with E-state index in [9.17, 15) is 0 Å². The highest BCUT2D eigenvalue weighted by molar-refractivity contribution is 7.26. The number of furan rings is 1. The van der Waals surface area contributed by atoms with Gasteiger partial charge in [-0.1, -0.05) is 323 Å². The highest BCUT2D eigenvalue weighted by Gasteiger charge is 2.24. The van der Waals surface area contributed by atoms with Crippen LogP contribution in [0.5, 0.6) is 0 Å². The van der Waals surface area contributed by atoms with Gasteiger partial charge in [0.15, 0.2) is 0 Å². The van der Waals surface area contributed by atoms with Gasteiger partial charge in [-0.2, -0.15) is 0 Å². The number of aromatic nitrogens is 3. The first-order chi connectivity index (χ1) is 59.1. The van der Waals surface area contributed by atoms with Gasteiger partial charge >= 0.3 is 0 Å². The van der Waals surface area contributed by atoms with Crippen molar-refractivity contribution in [1.82, 2.24) is 13.7 Å². The third-order valence-corrected chi connectivity index (χ3v) is 27.8. The zero-order valence-corrected chi connectivity index (χ0v) is 71.0. The summed E-state index contributed by atoms with van der Waals surface area (Å²) in [5.41, 5.74) is 27.0. The fourth-order valence-corrected chi connectivity index (χ4v) is 21.8. The number of para-hydroxylation sites is 8. The average molecular weight is 1590 g/mol. The molecule has 2 aliphatic rings. The molecule has 588 valence electrons. The second-order valence-corrected chi connectivity index (χ2v) is 34.9. The number of benzene rings is 16. The smallest absolute Gasteiger partial charge is 0.138 e. The molecule has 0 bridgehead atoms. The summed E-state index contributed by atoms with van der Waals surface area (Å²) in [5.74, 6) is 1.48. The zero-order valence-electron chi connectivity index (χ0n) is 69.4. The van der Waals surface area contributed by atoms with Crippen LogP contribution >= 0.6 is 22.7 Å². The molecule has 4 nitrogen and oxygen atoms in total. The molecule has 22 aromatic rings. The van der Waals surface area contributed by atoms with Crippen LogP contribution in [0.2, 0.25) is 0 Å². The van der Waals surface area contributed by atoms with E-state index in [1.165, 1.54) is 243 Å². The normalized spacial score (nSPS) is 13.2. The van der Waals surface area contributed by atoms with Gasteiger partial charge in [0.05, 0.1) is 33.1 Å². The number of fused-ring (bicyclic) bond motifs is 18. The molecule has 0 N–H and O–H groups in total. The van der Waals surface area contributed by atoms with E-state index in [1.807, 2.05) is 22.7 Å². The van der Waals surface area contributed by atoms with E-state index in [-0.39, 0.29) is 0 Å². The van der Waals surface area contributed by atoms with Gasteiger partial charge in [-0.25, -0.2) is 0 Å². The van der Waals surface area contributed by atoms with E-state index < -0.39 is 0 Å². The van der Waals surface area contributed by atoms with Gasteiger partial charge in [0, 0.05) is 100 Å². The van der Waals surface area contributed by atoms with Crippen molar-refractivity contribution in [1.29, 1.82) is 0 Å². The summed E-state index contributed by atoms with van der Waals surface area (Å²) in [6, 6.07) is 128. The first kappa shape index (κ1) is 77.1. The Bertz CT molecular complexity index is 7240. The highest BCUT2D eigenvalue weighted by atomic mass is 32.1. The molecule has 0 unspecified atom stereocenters. The van der Waals surface area contributed by atoms with Crippen LogP contribution in [0.25, 0.3) is 156 Å². The molecule has 24 rings (SSSR count). The SMILES string of the molecule is Cc1ccc2c(c1)c1ccccc1n2-c1ccccc1.Cc1ccc2c3ccccc3n(-c3ccccc3)c2c1.Cc1cccc2c1c1ccccc1n2-c1ccccc1.Cc1cccc2c1oc1c(C3CCCCC3)cccc12.Cc1cccc2c1sc1c(-c3ccccc3)cccc12.Cc1cccc2c1sc1c(C3CCCCC3)cccc12. The van der Waals surface area contributed by atoms with Gasteiger partial charge < -0.3 is 18.1 Å². The standard InChI is InChI=1S/3C19H15N.C19H20O.C19H20S.C19H14S/c1-14-8-7-13-18-19(14)16-11-5-6-12-17(16)20(18)15-9-3-2-4-10-15;1-14-11-12-19-17(13-14)16-9-5-6-10-18(16)20(19)15-7-3-2-4-8-15;1-14-11-12-17-16-9-5-6-10-18(16)20(19(17)13-14)15-7-3-2-4-8-15;3*1-13-7-5-11-16-17-12-6-10-15(19(17)20-18(13)16)14-8-3-2-4-9-14/h3*2-13H,1H3;2*5-7,10-12,14H,2-4,8-9H2,1H3;2-12H,1H3. The van der Waals surface area contributed by atoms with Crippen LogP contribution in [0.3, 0.4) is 0 Å². The number of thiophene rings is 2. The second-order valence-electron chi connectivity index (χ2n) is 32.9. The highest BCUT2D eigenvalue weighted by Crippen LogP contribution is 2.46. The third kappa shape index (κ3) is 15.0. The Morgan fingerprint density at radius 2 is 0.617 bits per heavy atom. The molecule has 0 radical (unpaired) electrons. The fourth-order valence-electron chi connectivity index (χ4n) is 19.2. The van der Waals surface area contributed by atoms with Gasteiger partial charge in [0.25, 0.3) is 0 Å². The quantitative estimate of drug-likeness (QED) is 0.163. The fraction of sp³-hybridized carbons (Fsp3) is 0.158. The maximum absolute atomic E-state index is 6.27. The summed E-state index contributed by atoms with van der Waals surface area (Å²) in [5, 5.41) is 16.2. The van der Waals surface area contributed by atoms with E-state index in [2.05, 4.69) is 413 Å². The van der Waals surface area contributed by atoms with Gasteiger partial charge in [-0.15, -0.1) is 22.7 Å². The van der Waals surface area contributed by atoms with Crippen LogP contribution in [0, 0.1) is 41.5 Å². The van der Waals surface area contributed by atoms with Crippen LogP contribution in [0.15, 0.2) is 362 Å². The first-order valence-corrected chi connectivity index (χ1v) is 44.6. The van der Waals surface area contributed by atoms with E-state index >= 15 is 0 Å². The molecule has 0 amide bonds. The molecule has 0 atom stereocenters. The molecule has 120 heavy (non-hydrogen) atoms. The molecule has 6 heterocycles. The predicted octanol–water partition coefficient (Wildman–Crippen LogP) is 33.7. The molecule has 6 heteroatoms. The van der Waals surface area contributed by atoms with Crippen molar-refractivity contribution < 1.29 is 4.42 Å². The lowest BCUT2D eigenvalue weighted by Gasteiger charge is -2.22. The second kappa shape index (κ2) is 34.2. The number of nitrogens with zero attached hydrogens (tertiary/aromatic N) is 3. The molecule has 0 spiro atoms. The summed E-state index contributed by atoms with van der Waals surface area (Å²) in [4.78, 5) is 0. The van der Waals surface area contributed by atoms with E-state index in [0.717, 1.165) is 17.1 Å². The number of hydrogen-bond acceptors (Lipinski definition) is 3. The molecular weight excluding hydrogens is 1490 g/mol. The summed E-state index contributed by atoms with van der Waals surface area (Å²) in [6.07, 6.45) is 13.8. The molecular formula is C114H99N3OS2. The van der Waals surface area contributed by atoms with E-state index in [0.29, 0.717) is 5.92 Å². The van der Waals surface area contributed by atoms with Crippen molar-refractivity contribution in [3.05, 3.63) is 402 Å². The number of aryl methyl sites for hydroxylation is 6. The molecule has 6 aromatic heterocycles. The van der Waals surface area contributed by atoms with Crippen molar-refractivity contribution in [3.8, 4) is 28.2 Å². The van der Waals surface area contributed by atoms with Gasteiger partial charge in [-0.05, 0) is 208 Å². The summed E-state index contributed by atoms with van der Waals surface area (Å²) >= 11 is 3.92. The summed E-state index contributed by atoms with van der Waals surface area (Å²) in [6.45, 7) is 13.0. The topological polar surface area (TPSA) is 27.9 Å². The van der Waals surface area contributed by atoms with Crippen LogP contribution in [-0.4, -0.2) is 13.7 Å². The Morgan fingerprint density at radius 1 is 0.242 bits per heavy atom. The maximum atomic E-state index is 6.27. The van der Waals surface area contributed by atoms with Gasteiger partial charge in [0.1, 0.15) is 11.2 Å². The molecule has 16 aromatic carbocycles. The Balaban J connectivity index is 0.0000000952. The largest absolute Gasteiger partial charge is 0.455 e. The Morgan fingerprint density at radius 3 is 1.21 bits per heavy atom. The lowest BCUT2D eigenvalue weighted by molar-refractivity contribution is 0.442. The molecule has 2 fully saturated rings. The van der Waals surface area contributed by atoms with Crippen LogP contribution < -0.4 is 0 Å².